The summed E-state index contributed by atoms with van der Waals surface area (Å²) in [5.74, 6) is 1.03. The molecule has 0 spiro atoms. The Bertz CT molecular complexity index is 1030. The number of hydrogen-bond acceptors (Lipinski definition) is 6. The molecule has 2 N–H and O–H groups in total. The Balaban J connectivity index is 1.36. The smallest absolute Gasteiger partial charge is 0.151 e. The molecule has 3 aromatic rings. The van der Waals surface area contributed by atoms with Crippen molar-refractivity contribution in [1.82, 2.24) is 25.3 Å². The summed E-state index contributed by atoms with van der Waals surface area (Å²) < 4.78 is 1.71. The monoisotopic (exact) mass is 404 g/mol. The van der Waals surface area contributed by atoms with Gasteiger partial charge in [-0.05, 0) is 69.9 Å². The first-order valence-electron chi connectivity index (χ1n) is 10.5. The minimum absolute atomic E-state index is 0.161. The van der Waals surface area contributed by atoms with Crippen molar-refractivity contribution in [3.63, 3.8) is 0 Å². The fourth-order valence-electron chi connectivity index (χ4n) is 5.24. The van der Waals surface area contributed by atoms with Crippen molar-refractivity contribution in [1.29, 1.82) is 0 Å². The predicted molar refractivity (Wildman–Crippen MR) is 117 cm³/mol. The second-order valence-electron chi connectivity index (χ2n) is 9.35. The summed E-state index contributed by atoms with van der Waals surface area (Å²) >= 11 is 0. The van der Waals surface area contributed by atoms with Crippen LogP contribution in [0.1, 0.15) is 39.5 Å². The summed E-state index contributed by atoms with van der Waals surface area (Å²) in [5.41, 5.74) is 2.53. The average molecular weight is 405 g/mol. The zero-order valence-corrected chi connectivity index (χ0v) is 17.7. The SMILES string of the molecule is CN(c1ccc(-c2ccc(-n3cccn3)cc2O)nn1)C1C[C@]2(C)CC[C@](C)(C1)N2. The lowest BCUT2D eigenvalue weighted by Crippen LogP contribution is -2.58. The van der Waals surface area contributed by atoms with Gasteiger partial charge in [-0.2, -0.15) is 5.10 Å². The molecule has 2 bridgehead atoms. The summed E-state index contributed by atoms with van der Waals surface area (Å²) in [6.07, 6.45) is 8.22. The number of benzene rings is 1. The molecule has 0 radical (unpaired) electrons. The molecular formula is C23H28N6O. The molecule has 1 aromatic carbocycles. The number of fused-ring (bicyclic) bond motifs is 2. The Morgan fingerprint density at radius 2 is 1.87 bits per heavy atom. The number of phenolic OH excluding ortho intramolecular Hbond substituents is 1. The van der Waals surface area contributed by atoms with E-state index >= 15 is 0 Å². The predicted octanol–water partition coefficient (Wildman–Crippen LogP) is 3.53. The van der Waals surface area contributed by atoms with E-state index in [0.717, 1.165) is 24.3 Å². The maximum atomic E-state index is 10.5. The molecule has 0 amide bonds. The number of aromatic nitrogens is 4. The molecule has 2 fully saturated rings. The van der Waals surface area contributed by atoms with E-state index in [9.17, 15) is 5.11 Å². The number of aromatic hydroxyl groups is 1. The summed E-state index contributed by atoms with van der Waals surface area (Å²) in [4.78, 5) is 2.26. The zero-order chi connectivity index (χ0) is 20.9. The lowest BCUT2D eigenvalue weighted by atomic mass is 9.84. The van der Waals surface area contributed by atoms with Gasteiger partial charge in [0.1, 0.15) is 5.75 Å². The highest BCUT2D eigenvalue weighted by Gasteiger charge is 2.49. The van der Waals surface area contributed by atoms with Crippen molar-refractivity contribution in [3.8, 4) is 22.7 Å². The molecule has 4 heterocycles. The summed E-state index contributed by atoms with van der Waals surface area (Å²) in [6.45, 7) is 4.67. The van der Waals surface area contributed by atoms with Crippen LogP contribution in [0.15, 0.2) is 48.8 Å². The van der Waals surface area contributed by atoms with E-state index in [2.05, 4.69) is 46.4 Å². The minimum Gasteiger partial charge on any atom is -0.507 e. The Morgan fingerprint density at radius 3 is 2.47 bits per heavy atom. The molecule has 3 atom stereocenters. The highest BCUT2D eigenvalue weighted by Crippen LogP contribution is 2.43. The molecule has 0 aliphatic carbocycles. The topological polar surface area (TPSA) is 79.1 Å². The number of phenols is 1. The standard InChI is InChI=1S/C23H28N6O/c1-22-9-10-23(2,27-22)15-17(14-22)28(3)21-8-7-19(25-26-21)18-6-5-16(13-20(18)30)29-12-4-11-24-29/h4-8,11-13,17,27,30H,9-10,14-15H2,1-3H3/t17?,22-,23+. The summed E-state index contributed by atoms with van der Waals surface area (Å²) in [5, 5.41) is 27.5. The van der Waals surface area contributed by atoms with Crippen LogP contribution in [0.25, 0.3) is 16.9 Å². The van der Waals surface area contributed by atoms with E-state index in [1.165, 1.54) is 12.8 Å². The quantitative estimate of drug-likeness (QED) is 0.693. The van der Waals surface area contributed by atoms with Crippen LogP contribution < -0.4 is 10.2 Å². The molecule has 2 aromatic heterocycles. The number of hydrogen-bond donors (Lipinski definition) is 2. The number of nitrogens with one attached hydrogen (secondary N) is 1. The largest absolute Gasteiger partial charge is 0.507 e. The number of rotatable bonds is 4. The molecule has 7 nitrogen and oxygen atoms in total. The maximum Gasteiger partial charge on any atom is 0.151 e. The van der Waals surface area contributed by atoms with Gasteiger partial charge in [-0.15, -0.1) is 10.2 Å². The molecule has 156 valence electrons. The fourth-order valence-corrected chi connectivity index (χ4v) is 5.24. The van der Waals surface area contributed by atoms with Gasteiger partial charge in [-0.1, -0.05) is 0 Å². The van der Waals surface area contributed by atoms with Gasteiger partial charge in [-0.25, -0.2) is 4.68 Å². The van der Waals surface area contributed by atoms with E-state index in [4.69, 9.17) is 0 Å². The van der Waals surface area contributed by atoms with Crippen molar-refractivity contribution in [2.75, 3.05) is 11.9 Å². The fraction of sp³-hybridized carbons (Fsp3) is 0.435. The molecule has 1 unspecified atom stereocenters. The lowest BCUT2D eigenvalue weighted by Gasteiger charge is -2.45. The average Bonchev–Trinajstić information content (AvgIpc) is 3.33. The van der Waals surface area contributed by atoms with Crippen molar-refractivity contribution in [2.45, 2.75) is 56.7 Å². The van der Waals surface area contributed by atoms with Crippen molar-refractivity contribution >= 4 is 5.82 Å². The van der Waals surface area contributed by atoms with Crippen LogP contribution in [-0.4, -0.2) is 49.3 Å². The molecule has 2 aliphatic rings. The van der Waals surface area contributed by atoms with Gasteiger partial charge in [0.15, 0.2) is 5.82 Å². The molecule has 0 saturated carbocycles. The highest BCUT2D eigenvalue weighted by molar-refractivity contribution is 5.69. The van der Waals surface area contributed by atoms with Gasteiger partial charge in [-0.3, -0.25) is 0 Å². The van der Waals surface area contributed by atoms with Crippen LogP contribution in [0.2, 0.25) is 0 Å². The highest BCUT2D eigenvalue weighted by atomic mass is 16.3. The van der Waals surface area contributed by atoms with Crippen molar-refractivity contribution < 1.29 is 5.11 Å². The Morgan fingerprint density at radius 1 is 1.10 bits per heavy atom. The molecule has 2 saturated heterocycles. The summed E-state index contributed by atoms with van der Waals surface area (Å²) in [7, 11) is 2.11. The second kappa shape index (κ2) is 6.80. The van der Waals surface area contributed by atoms with Gasteiger partial charge in [0.05, 0.1) is 11.4 Å². The molecule has 30 heavy (non-hydrogen) atoms. The van der Waals surface area contributed by atoms with Crippen molar-refractivity contribution in [3.05, 3.63) is 48.8 Å². The van der Waals surface area contributed by atoms with Crippen molar-refractivity contribution in [2.24, 2.45) is 0 Å². The number of anilines is 1. The minimum atomic E-state index is 0.161. The third kappa shape index (κ3) is 3.33. The van der Waals surface area contributed by atoms with E-state index < -0.39 is 0 Å². The molecule has 2 aliphatic heterocycles. The zero-order valence-electron chi connectivity index (χ0n) is 17.7. The third-order valence-electron chi connectivity index (χ3n) is 6.79. The number of nitrogens with zero attached hydrogens (tertiary/aromatic N) is 5. The summed E-state index contributed by atoms with van der Waals surface area (Å²) in [6, 6.07) is 11.7. The van der Waals surface area contributed by atoms with Crippen LogP contribution in [0.3, 0.4) is 0 Å². The van der Waals surface area contributed by atoms with E-state index in [1.54, 1.807) is 16.9 Å². The van der Waals surface area contributed by atoms with Crippen LogP contribution in [0.4, 0.5) is 5.82 Å². The van der Waals surface area contributed by atoms with E-state index in [1.807, 2.05) is 36.5 Å². The van der Waals surface area contributed by atoms with Gasteiger partial charge < -0.3 is 15.3 Å². The van der Waals surface area contributed by atoms with E-state index in [0.29, 0.717) is 17.3 Å². The first-order valence-corrected chi connectivity index (χ1v) is 10.5. The normalized spacial score (nSPS) is 27.9. The molecule has 5 rings (SSSR count). The third-order valence-corrected chi connectivity index (χ3v) is 6.79. The number of piperidine rings is 1. The van der Waals surface area contributed by atoms with Crippen LogP contribution >= 0.6 is 0 Å². The van der Waals surface area contributed by atoms with Crippen LogP contribution in [-0.2, 0) is 0 Å². The molecular weight excluding hydrogens is 376 g/mol. The van der Waals surface area contributed by atoms with Gasteiger partial charge in [0, 0.05) is 48.2 Å². The van der Waals surface area contributed by atoms with E-state index in [-0.39, 0.29) is 16.8 Å². The van der Waals surface area contributed by atoms with Gasteiger partial charge >= 0.3 is 0 Å². The van der Waals surface area contributed by atoms with Crippen LogP contribution in [0, 0.1) is 0 Å². The Hall–Kier alpha value is -2.93. The van der Waals surface area contributed by atoms with Crippen LogP contribution in [0.5, 0.6) is 5.75 Å². The first-order chi connectivity index (χ1) is 14.3. The Kier molecular flexibility index (Phi) is 4.32. The Labute approximate surface area is 176 Å². The first kappa shape index (κ1) is 19.1. The van der Waals surface area contributed by atoms with Gasteiger partial charge in [0.25, 0.3) is 0 Å². The maximum absolute atomic E-state index is 10.5. The molecule has 7 heteroatoms. The van der Waals surface area contributed by atoms with Gasteiger partial charge in [0.2, 0.25) is 0 Å². The second-order valence-corrected chi connectivity index (χ2v) is 9.35. The lowest BCUT2D eigenvalue weighted by molar-refractivity contribution is 0.207.